The highest BCUT2D eigenvalue weighted by Crippen LogP contribution is 2.48. The third-order valence-electron chi connectivity index (χ3n) is 5.25. The molecule has 2 heterocycles. The second kappa shape index (κ2) is 6.83. The van der Waals surface area contributed by atoms with Crippen molar-refractivity contribution >= 4 is 11.6 Å². The zero-order valence-electron chi connectivity index (χ0n) is 14.0. The van der Waals surface area contributed by atoms with Gasteiger partial charge in [0.15, 0.2) is 0 Å². The van der Waals surface area contributed by atoms with Gasteiger partial charge >= 0.3 is 11.6 Å². The van der Waals surface area contributed by atoms with Crippen LogP contribution in [0.25, 0.3) is 0 Å². The van der Waals surface area contributed by atoms with Gasteiger partial charge in [0, 0.05) is 6.42 Å². The number of hydrogen-bond acceptors (Lipinski definition) is 4. The molecule has 2 fully saturated rings. The van der Waals surface area contributed by atoms with Crippen molar-refractivity contribution in [1.29, 1.82) is 0 Å². The van der Waals surface area contributed by atoms with E-state index in [2.05, 4.69) is 49.4 Å². The molecular weight excluding hydrogens is 336 g/mol. The Morgan fingerprint density at radius 2 is 1.64 bits per heavy atom. The van der Waals surface area contributed by atoms with E-state index >= 15 is 0 Å². The van der Waals surface area contributed by atoms with Gasteiger partial charge < -0.3 is 9.47 Å². The molecule has 6 rings (SSSR count). The first-order valence-corrected chi connectivity index (χ1v) is 9.28. The minimum atomic E-state index is -0.750. The van der Waals surface area contributed by atoms with Crippen LogP contribution in [0, 0.1) is 6.92 Å². The first kappa shape index (κ1) is 16.6. The molecule has 0 amide bonds. The molecule has 2 saturated heterocycles. The summed E-state index contributed by atoms with van der Waals surface area (Å²) in [5.74, 6) is 0. The molecule has 0 radical (unpaired) electrons. The van der Waals surface area contributed by atoms with E-state index in [9.17, 15) is 0 Å². The molecular formula is C20H20O4S. The van der Waals surface area contributed by atoms with E-state index in [4.69, 9.17) is 17.9 Å². The summed E-state index contributed by atoms with van der Waals surface area (Å²) >= 11 is -0.750. The van der Waals surface area contributed by atoms with Gasteiger partial charge in [0.1, 0.15) is 12.2 Å². The van der Waals surface area contributed by atoms with Crippen LogP contribution in [0.2, 0.25) is 0 Å². The van der Waals surface area contributed by atoms with Crippen LogP contribution in [0.5, 0.6) is 0 Å². The summed E-state index contributed by atoms with van der Waals surface area (Å²) in [6.07, 6.45) is 5.58. The third-order valence-corrected chi connectivity index (χ3v) is 5.25. The largest absolute Gasteiger partial charge is 0.364 e. The Bertz CT molecular complexity index is 828. The van der Waals surface area contributed by atoms with Gasteiger partial charge in [-0.05, 0) is 42.0 Å². The Hall–Kier alpha value is -1.82. The number of ether oxygens (including phenoxy) is 2. The molecule has 4 nitrogen and oxygen atoms in total. The van der Waals surface area contributed by atoms with Crippen LogP contribution < -0.4 is 0 Å². The third kappa shape index (κ3) is 3.45. The van der Waals surface area contributed by atoms with Crippen LogP contribution in [0.1, 0.15) is 46.4 Å². The van der Waals surface area contributed by atoms with Gasteiger partial charge in [-0.15, -0.1) is 0 Å². The van der Waals surface area contributed by atoms with Crippen LogP contribution in [0.3, 0.4) is 0 Å². The van der Waals surface area contributed by atoms with E-state index < -0.39 is 11.6 Å². The molecule has 2 aliphatic heterocycles. The summed E-state index contributed by atoms with van der Waals surface area (Å²) in [6.45, 7) is 2.13. The second-order valence-corrected chi connectivity index (χ2v) is 7.04. The number of rotatable bonds is 0. The molecule has 0 bridgehead atoms. The van der Waals surface area contributed by atoms with Crippen LogP contribution in [0.4, 0.5) is 0 Å². The second-order valence-electron chi connectivity index (χ2n) is 6.90. The fourth-order valence-corrected chi connectivity index (χ4v) is 3.93. The monoisotopic (exact) mass is 356 g/mol. The Morgan fingerprint density at radius 1 is 0.920 bits per heavy atom. The van der Waals surface area contributed by atoms with Gasteiger partial charge in [-0.25, -0.2) is 0 Å². The van der Waals surface area contributed by atoms with Crippen LogP contribution >= 0.6 is 0 Å². The first-order valence-electron chi connectivity index (χ1n) is 8.61. The number of fused-ring (bicyclic) bond motifs is 6. The molecule has 25 heavy (non-hydrogen) atoms. The summed E-state index contributed by atoms with van der Waals surface area (Å²) in [4.78, 5) is 0. The number of epoxide rings is 2. The lowest BCUT2D eigenvalue weighted by Crippen LogP contribution is -2.03. The van der Waals surface area contributed by atoms with Crippen LogP contribution in [-0.4, -0.2) is 20.6 Å². The fraction of sp³-hybridized carbons (Fsp3) is 0.400. The summed E-state index contributed by atoms with van der Waals surface area (Å²) in [5, 5.41) is 0. The van der Waals surface area contributed by atoms with E-state index in [1.807, 2.05) is 0 Å². The van der Waals surface area contributed by atoms with E-state index in [0.717, 1.165) is 6.42 Å². The molecule has 4 unspecified atom stereocenters. The lowest BCUT2D eigenvalue weighted by atomic mass is 9.92. The van der Waals surface area contributed by atoms with E-state index in [-0.39, 0.29) is 0 Å². The SMILES string of the molecule is Cc1ccc2c(c1)C1OC1C2.O=S=O.c1ccc2c(c1)CCC1OC21. The average Bonchev–Trinajstić information content (AvgIpc) is 3.53. The Kier molecular flexibility index (Phi) is 4.54. The zero-order chi connectivity index (χ0) is 17.4. The highest BCUT2D eigenvalue weighted by molar-refractivity contribution is 7.51. The minimum absolute atomic E-state index is 0.458. The molecule has 2 aliphatic carbocycles. The van der Waals surface area contributed by atoms with Gasteiger partial charge in [0.2, 0.25) is 0 Å². The fourth-order valence-electron chi connectivity index (χ4n) is 3.93. The quantitative estimate of drug-likeness (QED) is 0.679. The Balaban J connectivity index is 0.000000109. The van der Waals surface area contributed by atoms with Gasteiger partial charge in [0.25, 0.3) is 0 Å². The molecule has 5 heteroatoms. The molecule has 0 saturated carbocycles. The van der Waals surface area contributed by atoms with Crippen molar-refractivity contribution in [2.75, 3.05) is 0 Å². The summed E-state index contributed by atoms with van der Waals surface area (Å²) in [7, 11) is 0. The standard InChI is InChI=1S/2C10H10O.O2S/c1-6-2-3-7-5-9-10(11-9)8(7)4-6;1-2-4-8-7(3-1)5-6-9-10(8)11-9;1-3-2/h2-4,9-10H,5H2,1H3;1-4,9-10H,5-6H2;. The molecule has 4 aliphatic rings. The van der Waals surface area contributed by atoms with Crippen molar-refractivity contribution in [3.63, 3.8) is 0 Å². The molecule has 4 atom stereocenters. The Morgan fingerprint density at radius 3 is 2.48 bits per heavy atom. The predicted octanol–water partition coefficient (Wildman–Crippen LogP) is 3.39. The van der Waals surface area contributed by atoms with Gasteiger partial charge in [-0.1, -0.05) is 48.0 Å². The van der Waals surface area contributed by atoms with E-state index in [1.165, 1.54) is 40.7 Å². The Labute approximate surface area is 150 Å². The van der Waals surface area contributed by atoms with Crippen molar-refractivity contribution in [2.45, 2.75) is 50.6 Å². The number of aryl methyl sites for hydroxylation is 2. The summed E-state index contributed by atoms with van der Waals surface area (Å²) < 4.78 is 27.5. The molecule has 2 aromatic carbocycles. The maximum Gasteiger partial charge on any atom is 0.335 e. The molecule has 2 aromatic rings. The highest BCUT2D eigenvalue weighted by Gasteiger charge is 2.46. The van der Waals surface area contributed by atoms with Crippen LogP contribution in [-0.2, 0) is 33.9 Å². The maximum atomic E-state index is 8.29. The molecule has 0 N–H and O–H groups in total. The van der Waals surface area contributed by atoms with Crippen molar-refractivity contribution in [1.82, 2.24) is 0 Å². The number of benzene rings is 2. The van der Waals surface area contributed by atoms with E-state index in [0.29, 0.717) is 24.4 Å². The highest BCUT2D eigenvalue weighted by atomic mass is 32.1. The molecule has 0 aromatic heterocycles. The van der Waals surface area contributed by atoms with Crippen molar-refractivity contribution in [3.8, 4) is 0 Å². The topological polar surface area (TPSA) is 59.2 Å². The van der Waals surface area contributed by atoms with E-state index in [1.54, 1.807) is 0 Å². The van der Waals surface area contributed by atoms with Crippen LogP contribution in [0.15, 0.2) is 42.5 Å². The van der Waals surface area contributed by atoms with Crippen molar-refractivity contribution in [2.24, 2.45) is 0 Å². The summed E-state index contributed by atoms with van der Waals surface area (Å²) in [5.41, 5.74) is 7.21. The number of hydrogen-bond donors (Lipinski definition) is 0. The average molecular weight is 356 g/mol. The summed E-state index contributed by atoms with van der Waals surface area (Å²) in [6, 6.07) is 15.3. The van der Waals surface area contributed by atoms with Crippen molar-refractivity contribution in [3.05, 3.63) is 70.3 Å². The van der Waals surface area contributed by atoms with Gasteiger partial charge in [0.05, 0.1) is 12.2 Å². The zero-order valence-corrected chi connectivity index (χ0v) is 14.8. The lowest BCUT2D eigenvalue weighted by molar-refractivity contribution is 0.361. The molecule has 130 valence electrons. The normalized spacial score (nSPS) is 28.5. The van der Waals surface area contributed by atoms with Gasteiger partial charge in [-0.2, -0.15) is 8.42 Å². The first-order chi connectivity index (χ1) is 12.2. The smallest absolute Gasteiger partial charge is 0.335 e. The molecule has 0 spiro atoms. The van der Waals surface area contributed by atoms with Gasteiger partial charge in [-0.3, -0.25) is 0 Å². The predicted molar refractivity (Wildman–Crippen MR) is 93.8 cm³/mol. The maximum absolute atomic E-state index is 8.29. The lowest BCUT2D eigenvalue weighted by Gasteiger charge is -2.09. The van der Waals surface area contributed by atoms with Crippen molar-refractivity contribution < 1.29 is 17.9 Å². The minimum Gasteiger partial charge on any atom is -0.364 e.